The third-order valence-electron chi connectivity index (χ3n) is 3.24. The minimum atomic E-state index is 0.538. The molecule has 0 amide bonds. The van der Waals surface area contributed by atoms with Crippen molar-refractivity contribution in [2.75, 3.05) is 26.3 Å². The van der Waals surface area contributed by atoms with E-state index in [0.717, 1.165) is 37.5 Å². The van der Waals surface area contributed by atoms with Crippen LogP contribution in [0, 0.1) is 0 Å². The summed E-state index contributed by atoms with van der Waals surface area (Å²) in [6.45, 7) is 7.61. The summed E-state index contributed by atoms with van der Waals surface area (Å²) in [7, 11) is 0. The van der Waals surface area contributed by atoms with Gasteiger partial charge in [-0.2, -0.15) is 0 Å². The predicted octanol–water partition coefficient (Wildman–Crippen LogP) is 2.97. The summed E-state index contributed by atoms with van der Waals surface area (Å²) in [5, 5.41) is 7.13. The van der Waals surface area contributed by atoms with Gasteiger partial charge < -0.3 is 20.1 Å². The number of halogens is 1. The Hall–Kier alpha value is -1.62. The molecule has 2 N–H and O–H groups in total. The molecule has 1 aliphatic rings. The van der Waals surface area contributed by atoms with Crippen molar-refractivity contribution in [2.45, 2.75) is 33.2 Å². The lowest BCUT2D eigenvalue weighted by molar-refractivity contribution is 0.171. The number of ether oxygens (including phenoxy) is 2. The first-order valence-corrected chi connectivity index (χ1v) is 8.22. The van der Waals surface area contributed by atoms with E-state index < -0.39 is 0 Å². The normalized spacial score (nSPS) is 13.9. The van der Waals surface area contributed by atoms with Crippen LogP contribution in [0.25, 0.3) is 0 Å². The van der Waals surface area contributed by atoms with Crippen LogP contribution in [0.1, 0.15) is 32.3 Å². The Morgan fingerprint density at radius 1 is 1.23 bits per heavy atom. The second-order valence-electron chi connectivity index (χ2n) is 5.08. The van der Waals surface area contributed by atoms with Gasteiger partial charge in [-0.1, -0.05) is 24.9 Å². The Morgan fingerprint density at radius 3 is 2.82 bits per heavy atom. The molecular formula is C16H24ClN3O2. The van der Waals surface area contributed by atoms with E-state index in [1.807, 2.05) is 12.1 Å². The summed E-state index contributed by atoms with van der Waals surface area (Å²) < 4.78 is 11.1. The zero-order valence-electron chi connectivity index (χ0n) is 13.2. The van der Waals surface area contributed by atoms with E-state index in [0.29, 0.717) is 36.3 Å². The van der Waals surface area contributed by atoms with Gasteiger partial charge in [-0.25, -0.2) is 4.99 Å². The molecule has 0 radical (unpaired) electrons. The molecule has 1 aromatic rings. The van der Waals surface area contributed by atoms with Gasteiger partial charge in [0.05, 0.1) is 11.6 Å². The van der Waals surface area contributed by atoms with Gasteiger partial charge >= 0.3 is 0 Å². The average Bonchev–Trinajstić information content (AvgIpc) is 2.53. The van der Waals surface area contributed by atoms with Gasteiger partial charge in [-0.15, -0.1) is 0 Å². The summed E-state index contributed by atoms with van der Waals surface area (Å²) in [5.41, 5.74) is 1.00. The molecule has 5 nitrogen and oxygen atoms in total. The largest absolute Gasteiger partial charge is 0.486 e. The van der Waals surface area contributed by atoms with Gasteiger partial charge in [0.1, 0.15) is 13.2 Å². The van der Waals surface area contributed by atoms with Crippen LogP contribution in [0.5, 0.6) is 11.5 Å². The fourth-order valence-electron chi connectivity index (χ4n) is 2.15. The number of nitrogens with one attached hydrogen (secondary N) is 2. The molecule has 1 aliphatic heterocycles. The minimum Gasteiger partial charge on any atom is -0.486 e. The van der Waals surface area contributed by atoms with Gasteiger partial charge in [-0.05, 0) is 31.0 Å². The number of unbranched alkanes of at least 4 members (excludes halogenated alkanes) is 1. The van der Waals surface area contributed by atoms with Gasteiger partial charge in [0, 0.05) is 13.1 Å². The van der Waals surface area contributed by atoms with Crippen LogP contribution in [-0.4, -0.2) is 32.3 Å². The zero-order chi connectivity index (χ0) is 15.8. The Bertz CT molecular complexity index is 520. The SMILES string of the molecule is CCCCNC(=NCc1cc(Cl)c2c(c1)OCCO2)NCC. The van der Waals surface area contributed by atoms with E-state index in [1.165, 1.54) is 0 Å². The van der Waals surface area contributed by atoms with Crippen LogP contribution < -0.4 is 20.1 Å². The van der Waals surface area contributed by atoms with Crippen LogP contribution in [0.4, 0.5) is 0 Å². The Balaban J connectivity index is 2.04. The van der Waals surface area contributed by atoms with E-state index in [4.69, 9.17) is 21.1 Å². The molecule has 1 aromatic carbocycles. The maximum Gasteiger partial charge on any atom is 0.191 e. The minimum absolute atomic E-state index is 0.538. The van der Waals surface area contributed by atoms with Crippen molar-refractivity contribution >= 4 is 17.6 Å². The van der Waals surface area contributed by atoms with Crippen LogP contribution in [0.2, 0.25) is 5.02 Å². The van der Waals surface area contributed by atoms with E-state index >= 15 is 0 Å². The highest BCUT2D eigenvalue weighted by atomic mass is 35.5. The van der Waals surface area contributed by atoms with Crippen molar-refractivity contribution in [1.29, 1.82) is 0 Å². The number of aliphatic imine (C=N–C) groups is 1. The molecule has 122 valence electrons. The van der Waals surface area contributed by atoms with Crippen LogP contribution >= 0.6 is 11.6 Å². The molecule has 1 heterocycles. The molecular weight excluding hydrogens is 302 g/mol. The first kappa shape index (κ1) is 16.7. The monoisotopic (exact) mass is 325 g/mol. The van der Waals surface area contributed by atoms with Crippen LogP contribution in [-0.2, 0) is 6.54 Å². The van der Waals surface area contributed by atoms with E-state index in [-0.39, 0.29) is 0 Å². The van der Waals surface area contributed by atoms with E-state index in [9.17, 15) is 0 Å². The smallest absolute Gasteiger partial charge is 0.191 e. The molecule has 0 saturated heterocycles. The van der Waals surface area contributed by atoms with Crippen molar-refractivity contribution in [3.63, 3.8) is 0 Å². The number of fused-ring (bicyclic) bond motifs is 1. The number of hydrogen-bond donors (Lipinski definition) is 2. The second kappa shape index (κ2) is 8.73. The number of benzene rings is 1. The number of rotatable bonds is 6. The highest BCUT2D eigenvalue weighted by molar-refractivity contribution is 6.32. The molecule has 2 rings (SSSR count). The number of hydrogen-bond acceptors (Lipinski definition) is 3. The number of guanidine groups is 1. The molecule has 0 aliphatic carbocycles. The molecule has 0 saturated carbocycles. The molecule has 0 atom stereocenters. The fourth-order valence-corrected chi connectivity index (χ4v) is 2.44. The summed E-state index contributed by atoms with van der Waals surface area (Å²) in [4.78, 5) is 4.58. The lowest BCUT2D eigenvalue weighted by atomic mass is 10.2. The van der Waals surface area contributed by atoms with Crippen molar-refractivity contribution in [2.24, 2.45) is 4.99 Å². The van der Waals surface area contributed by atoms with Crippen LogP contribution in [0.3, 0.4) is 0 Å². The highest BCUT2D eigenvalue weighted by Gasteiger charge is 2.16. The molecule has 22 heavy (non-hydrogen) atoms. The fraction of sp³-hybridized carbons (Fsp3) is 0.562. The van der Waals surface area contributed by atoms with Gasteiger partial charge in [0.25, 0.3) is 0 Å². The summed E-state index contributed by atoms with van der Waals surface area (Å²) in [6, 6.07) is 3.83. The van der Waals surface area contributed by atoms with Gasteiger partial charge in [0.15, 0.2) is 17.5 Å². The maximum absolute atomic E-state index is 6.24. The second-order valence-corrected chi connectivity index (χ2v) is 5.48. The van der Waals surface area contributed by atoms with Crippen molar-refractivity contribution in [3.8, 4) is 11.5 Å². The first-order valence-electron chi connectivity index (χ1n) is 7.84. The third-order valence-corrected chi connectivity index (χ3v) is 3.52. The van der Waals surface area contributed by atoms with E-state index in [1.54, 1.807) is 0 Å². The zero-order valence-corrected chi connectivity index (χ0v) is 14.0. The lowest BCUT2D eigenvalue weighted by Gasteiger charge is -2.20. The summed E-state index contributed by atoms with van der Waals surface area (Å²) >= 11 is 6.24. The third kappa shape index (κ3) is 4.70. The first-order chi connectivity index (χ1) is 10.7. The Morgan fingerprint density at radius 2 is 2.05 bits per heavy atom. The van der Waals surface area contributed by atoms with Crippen molar-refractivity contribution in [3.05, 3.63) is 22.7 Å². The van der Waals surface area contributed by atoms with Gasteiger partial charge in [-0.3, -0.25) is 0 Å². The standard InChI is InChI=1S/C16H24ClN3O2/c1-3-5-6-19-16(18-4-2)20-11-12-9-13(17)15-14(10-12)21-7-8-22-15/h9-10H,3-8,11H2,1-2H3,(H2,18,19,20). The molecule has 0 unspecified atom stereocenters. The predicted molar refractivity (Wildman–Crippen MR) is 90.2 cm³/mol. The lowest BCUT2D eigenvalue weighted by Crippen LogP contribution is -2.37. The maximum atomic E-state index is 6.24. The van der Waals surface area contributed by atoms with Gasteiger partial charge in [0.2, 0.25) is 0 Å². The topological polar surface area (TPSA) is 54.9 Å². The Kier molecular flexibility index (Phi) is 6.65. The quantitative estimate of drug-likeness (QED) is 0.479. The van der Waals surface area contributed by atoms with Crippen molar-refractivity contribution in [1.82, 2.24) is 10.6 Å². The highest BCUT2D eigenvalue weighted by Crippen LogP contribution is 2.38. The summed E-state index contributed by atoms with van der Waals surface area (Å²) in [5.74, 6) is 2.16. The molecule has 0 aromatic heterocycles. The molecule has 0 bridgehead atoms. The molecule has 6 heteroatoms. The van der Waals surface area contributed by atoms with Crippen molar-refractivity contribution < 1.29 is 9.47 Å². The molecule has 0 spiro atoms. The number of nitrogens with zero attached hydrogens (tertiary/aromatic N) is 1. The van der Waals surface area contributed by atoms with E-state index in [2.05, 4.69) is 29.5 Å². The molecule has 0 fully saturated rings. The Labute approximate surface area is 137 Å². The van der Waals surface area contributed by atoms with Crippen LogP contribution in [0.15, 0.2) is 17.1 Å². The summed E-state index contributed by atoms with van der Waals surface area (Å²) in [6.07, 6.45) is 2.28. The average molecular weight is 326 g/mol.